The SMILES string of the molecule is CN(Cc1cccnc1)c1cc2c(nc(CCCOCc3ccccc3)n2C)c(N)n1. The van der Waals surface area contributed by atoms with Crippen LogP contribution in [0.3, 0.4) is 0 Å². The molecule has 0 saturated carbocycles. The minimum absolute atomic E-state index is 0.452. The lowest BCUT2D eigenvalue weighted by atomic mass is 10.2. The van der Waals surface area contributed by atoms with Gasteiger partial charge in [0.15, 0.2) is 5.82 Å². The fourth-order valence-electron chi connectivity index (χ4n) is 3.61. The van der Waals surface area contributed by atoms with Crippen molar-refractivity contribution in [2.24, 2.45) is 7.05 Å². The van der Waals surface area contributed by atoms with Crippen LogP contribution in [0.2, 0.25) is 0 Å². The first-order valence-electron chi connectivity index (χ1n) is 10.5. The standard InChI is InChI=1S/C24H28N6O/c1-29(16-19-10-6-12-26-15-19)22-14-20-23(24(25)28-22)27-21(30(20)2)11-7-13-31-17-18-8-4-3-5-9-18/h3-6,8-10,12,14-15H,7,11,13,16-17H2,1-2H3,(H2,25,28). The van der Waals surface area contributed by atoms with Gasteiger partial charge in [-0.3, -0.25) is 4.98 Å². The van der Waals surface area contributed by atoms with E-state index in [-0.39, 0.29) is 0 Å². The van der Waals surface area contributed by atoms with Crippen molar-refractivity contribution >= 4 is 22.7 Å². The number of hydrogen-bond donors (Lipinski definition) is 1. The molecule has 7 nitrogen and oxygen atoms in total. The number of aromatic nitrogens is 4. The Morgan fingerprint density at radius 3 is 2.65 bits per heavy atom. The number of aryl methyl sites for hydroxylation is 2. The van der Waals surface area contributed by atoms with Gasteiger partial charge in [0.2, 0.25) is 0 Å². The predicted molar refractivity (Wildman–Crippen MR) is 124 cm³/mol. The van der Waals surface area contributed by atoms with Crippen LogP contribution in [0.15, 0.2) is 60.9 Å². The molecule has 0 saturated heterocycles. The van der Waals surface area contributed by atoms with Gasteiger partial charge in [-0.25, -0.2) is 9.97 Å². The molecule has 1 aromatic carbocycles. The second-order valence-electron chi connectivity index (χ2n) is 7.68. The fourth-order valence-corrected chi connectivity index (χ4v) is 3.61. The van der Waals surface area contributed by atoms with E-state index in [4.69, 9.17) is 15.5 Å². The molecule has 2 N–H and O–H groups in total. The van der Waals surface area contributed by atoms with Crippen molar-refractivity contribution in [1.29, 1.82) is 0 Å². The van der Waals surface area contributed by atoms with E-state index in [9.17, 15) is 0 Å². The maximum absolute atomic E-state index is 6.26. The molecular weight excluding hydrogens is 388 g/mol. The van der Waals surface area contributed by atoms with Gasteiger partial charge in [-0.05, 0) is 23.6 Å². The average molecular weight is 417 g/mol. The summed E-state index contributed by atoms with van der Waals surface area (Å²) >= 11 is 0. The van der Waals surface area contributed by atoms with E-state index in [2.05, 4.69) is 31.6 Å². The maximum Gasteiger partial charge on any atom is 0.154 e. The summed E-state index contributed by atoms with van der Waals surface area (Å²) in [5.74, 6) is 2.25. The Balaban J connectivity index is 1.41. The summed E-state index contributed by atoms with van der Waals surface area (Å²) in [5.41, 5.74) is 10.3. The number of pyridine rings is 2. The summed E-state index contributed by atoms with van der Waals surface area (Å²) in [6, 6.07) is 16.2. The van der Waals surface area contributed by atoms with E-state index in [1.165, 1.54) is 5.56 Å². The highest BCUT2D eigenvalue weighted by molar-refractivity contribution is 5.88. The largest absolute Gasteiger partial charge is 0.382 e. The third-order valence-electron chi connectivity index (χ3n) is 5.31. The molecule has 4 rings (SSSR count). The topological polar surface area (TPSA) is 82.1 Å². The van der Waals surface area contributed by atoms with Crippen molar-refractivity contribution < 1.29 is 4.74 Å². The molecule has 0 aliphatic rings. The normalized spacial score (nSPS) is 11.2. The van der Waals surface area contributed by atoms with Gasteiger partial charge in [0.25, 0.3) is 0 Å². The number of anilines is 2. The van der Waals surface area contributed by atoms with Crippen molar-refractivity contribution in [3.63, 3.8) is 0 Å². The lowest BCUT2D eigenvalue weighted by Crippen LogP contribution is -2.18. The average Bonchev–Trinajstić information content (AvgIpc) is 3.11. The summed E-state index contributed by atoms with van der Waals surface area (Å²) in [6.45, 7) is 2.02. The third-order valence-corrected chi connectivity index (χ3v) is 5.31. The van der Waals surface area contributed by atoms with Crippen LogP contribution in [0.4, 0.5) is 11.6 Å². The lowest BCUT2D eigenvalue weighted by Gasteiger charge is -2.18. The Morgan fingerprint density at radius 2 is 1.87 bits per heavy atom. The molecule has 0 atom stereocenters. The van der Waals surface area contributed by atoms with Crippen LogP contribution in [0.1, 0.15) is 23.4 Å². The number of rotatable bonds is 9. The summed E-state index contributed by atoms with van der Waals surface area (Å²) in [4.78, 5) is 15.6. The predicted octanol–water partition coefficient (Wildman–Crippen LogP) is 3.73. The van der Waals surface area contributed by atoms with Gasteiger partial charge in [-0.2, -0.15) is 0 Å². The van der Waals surface area contributed by atoms with Crippen LogP contribution in [-0.4, -0.2) is 33.2 Å². The molecule has 0 radical (unpaired) electrons. The third kappa shape index (κ3) is 5.00. The second kappa shape index (κ2) is 9.57. The number of hydrogen-bond acceptors (Lipinski definition) is 6. The Morgan fingerprint density at radius 1 is 1.06 bits per heavy atom. The van der Waals surface area contributed by atoms with Crippen LogP contribution >= 0.6 is 0 Å². The van der Waals surface area contributed by atoms with E-state index in [1.54, 1.807) is 6.20 Å². The summed E-state index contributed by atoms with van der Waals surface area (Å²) in [7, 11) is 4.03. The van der Waals surface area contributed by atoms with Gasteiger partial charge >= 0.3 is 0 Å². The molecule has 160 valence electrons. The minimum Gasteiger partial charge on any atom is -0.382 e. The fraction of sp³-hybridized carbons (Fsp3) is 0.292. The minimum atomic E-state index is 0.452. The van der Waals surface area contributed by atoms with E-state index in [0.29, 0.717) is 25.6 Å². The van der Waals surface area contributed by atoms with E-state index in [0.717, 1.165) is 41.1 Å². The number of fused-ring (bicyclic) bond motifs is 1. The van der Waals surface area contributed by atoms with Crippen LogP contribution in [0, 0.1) is 0 Å². The number of benzene rings is 1. The quantitative estimate of drug-likeness (QED) is 0.419. The molecule has 0 fully saturated rings. The lowest BCUT2D eigenvalue weighted by molar-refractivity contribution is 0.118. The first-order valence-corrected chi connectivity index (χ1v) is 10.5. The van der Waals surface area contributed by atoms with Crippen LogP contribution in [0.25, 0.3) is 11.0 Å². The summed E-state index contributed by atoms with van der Waals surface area (Å²) in [6.07, 6.45) is 5.35. The van der Waals surface area contributed by atoms with Crippen molar-refractivity contribution in [2.45, 2.75) is 26.0 Å². The Labute approximate surface area is 182 Å². The monoisotopic (exact) mass is 416 g/mol. The summed E-state index contributed by atoms with van der Waals surface area (Å²) < 4.78 is 7.90. The van der Waals surface area contributed by atoms with Crippen LogP contribution < -0.4 is 10.6 Å². The van der Waals surface area contributed by atoms with Gasteiger partial charge in [0.1, 0.15) is 17.2 Å². The highest BCUT2D eigenvalue weighted by Gasteiger charge is 2.15. The zero-order valence-electron chi connectivity index (χ0n) is 18.0. The second-order valence-corrected chi connectivity index (χ2v) is 7.68. The molecule has 0 unspecified atom stereocenters. The van der Waals surface area contributed by atoms with Crippen LogP contribution in [0.5, 0.6) is 0 Å². The maximum atomic E-state index is 6.26. The van der Waals surface area contributed by atoms with Crippen molar-refractivity contribution in [3.8, 4) is 0 Å². The number of nitrogens with two attached hydrogens (primary N) is 1. The molecule has 0 spiro atoms. The molecular formula is C24H28N6O. The van der Waals surface area contributed by atoms with Crippen molar-refractivity contribution in [3.05, 3.63) is 77.9 Å². The van der Waals surface area contributed by atoms with E-state index >= 15 is 0 Å². The molecule has 3 aromatic heterocycles. The molecule has 0 bridgehead atoms. The molecule has 7 heteroatoms. The van der Waals surface area contributed by atoms with Crippen molar-refractivity contribution in [2.75, 3.05) is 24.3 Å². The molecule has 31 heavy (non-hydrogen) atoms. The smallest absolute Gasteiger partial charge is 0.154 e. The number of ether oxygens (including phenoxy) is 1. The first kappa shape index (κ1) is 20.8. The highest BCUT2D eigenvalue weighted by atomic mass is 16.5. The molecule has 0 aliphatic heterocycles. The van der Waals surface area contributed by atoms with Crippen molar-refractivity contribution in [1.82, 2.24) is 19.5 Å². The van der Waals surface area contributed by atoms with Gasteiger partial charge in [-0.15, -0.1) is 0 Å². The van der Waals surface area contributed by atoms with Gasteiger partial charge in [0, 0.05) is 52.1 Å². The zero-order valence-corrected chi connectivity index (χ0v) is 18.0. The molecule has 0 amide bonds. The highest BCUT2D eigenvalue weighted by Crippen LogP contribution is 2.25. The van der Waals surface area contributed by atoms with E-state index in [1.807, 2.05) is 56.7 Å². The Kier molecular flexibility index (Phi) is 6.43. The first-order chi connectivity index (χ1) is 15.1. The number of imidazole rings is 1. The molecule has 3 heterocycles. The number of nitrogen functional groups attached to an aromatic ring is 1. The van der Waals surface area contributed by atoms with Crippen LogP contribution in [-0.2, 0) is 31.4 Å². The molecule has 0 aliphatic carbocycles. The summed E-state index contributed by atoms with van der Waals surface area (Å²) in [5, 5.41) is 0. The molecule has 4 aromatic rings. The van der Waals surface area contributed by atoms with Gasteiger partial charge in [0.05, 0.1) is 12.1 Å². The Hall–Kier alpha value is -3.45. The van der Waals surface area contributed by atoms with E-state index < -0.39 is 0 Å². The van der Waals surface area contributed by atoms with Gasteiger partial charge < -0.3 is 19.9 Å². The number of nitrogens with zero attached hydrogens (tertiary/aromatic N) is 5. The Bertz CT molecular complexity index is 1130. The van der Waals surface area contributed by atoms with Gasteiger partial charge in [-0.1, -0.05) is 36.4 Å². The zero-order chi connectivity index (χ0) is 21.6.